The first-order chi connectivity index (χ1) is 15.8. The van der Waals surface area contributed by atoms with E-state index in [0.29, 0.717) is 30.4 Å². The van der Waals surface area contributed by atoms with Crippen LogP contribution < -0.4 is 19.1 Å². The van der Waals surface area contributed by atoms with E-state index >= 15 is 0 Å². The summed E-state index contributed by atoms with van der Waals surface area (Å²) in [4.78, 5) is 13.1. The fraction of sp³-hybridized carbons (Fsp3) is 0.240. The van der Waals surface area contributed by atoms with Crippen molar-refractivity contribution in [1.82, 2.24) is 5.32 Å². The first-order valence-electron chi connectivity index (χ1n) is 10.6. The summed E-state index contributed by atoms with van der Waals surface area (Å²) < 4.78 is 37.3. The number of aryl methyl sites for hydroxylation is 1. The molecule has 33 heavy (non-hydrogen) atoms. The summed E-state index contributed by atoms with van der Waals surface area (Å²) >= 11 is 0. The quantitative estimate of drug-likeness (QED) is 0.577. The SMILES string of the molecule is Cc1cccc(C(NC(=O)CN(c2ccc3c(c2)OCCO3)S(C)(=O)=O)c2ccccc2)c1. The van der Waals surface area contributed by atoms with E-state index in [0.717, 1.165) is 27.3 Å². The van der Waals surface area contributed by atoms with Crippen molar-refractivity contribution >= 4 is 21.6 Å². The van der Waals surface area contributed by atoms with Crippen molar-refractivity contribution in [1.29, 1.82) is 0 Å². The average molecular weight is 467 g/mol. The van der Waals surface area contributed by atoms with Crippen molar-refractivity contribution in [3.63, 3.8) is 0 Å². The number of carbonyl (C=O) groups excluding carboxylic acids is 1. The van der Waals surface area contributed by atoms with Crippen LogP contribution in [0.5, 0.6) is 11.5 Å². The zero-order valence-corrected chi connectivity index (χ0v) is 19.3. The molecule has 0 saturated carbocycles. The van der Waals surface area contributed by atoms with E-state index in [4.69, 9.17) is 9.47 Å². The van der Waals surface area contributed by atoms with Gasteiger partial charge in [-0.15, -0.1) is 0 Å². The van der Waals surface area contributed by atoms with Crippen molar-refractivity contribution in [3.8, 4) is 11.5 Å². The Hall–Kier alpha value is -3.52. The second kappa shape index (κ2) is 9.54. The Balaban J connectivity index is 1.61. The smallest absolute Gasteiger partial charge is 0.241 e. The molecule has 1 heterocycles. The molecule has 7 nitrogen and oxygen atoms in total. The number of carbonyl (C=O) groups is 1. The Morgan fingerprint density at radius 1 is 0.939 bits per heavy atom. The Labute approximate surface area is 194 Å². The van der Waals surface area contributed by atoms with Crippen molar-refractivity contribution < 1.29 is 22.7 Å². The number of hydrogen-bond donors (Lipinski definition) is 1. The molecule has 1 unspecified atom stereocenters. The number of rotatable bonds is 7. The Kier molecular flexibility index (Phi) is 6.55. The lowest BCUT2D eigenvalue weighted by atomic mass is 9.97. The minimum absolute atomic E-state index is 0.337. The van der Waals surface area contributed by atoms with Gasteiger partial charge in [-0.25, -0.2) is 8.42 Å². The molecule has 1 aliphatic heterocycles. The predicted molar refractivity (Wildman–Crippen MR) is 127 cm³/mol. The van der Waals surface area contributed by atoms with E-state index in [1.165, 1.54) is 0 Å². The summed E-state index contributed by atoms with van der Waals surface area (Å²) in [7, 11) is -3.74. The van der Waals surface area contributed by atoms with Crippen molar-refractivity contribution in [2.24, 2.45) is 0 Å². The first-order valence-corrected chi connectivity index (χ1v) is 12.4. The molecule has 0 saturated heterocycles. The number of ether oxygens (including phenoxy) is 2. The van der Waals surface area contributed by atoms with Gasteiger partial charge in [0.05, 0.1) is 18.0 Å². The molecule has 4 rings (SSSR count). The summed E-state index contributed by atoms with van der Waals surface area (Å²) in [5.41, 5.74) is 3.22. The maximum atomic E-state index is 13.1. The second-order valence-corrected chi connectivity index (χ2v) is 9.83. The second-order valence-electron chi connectivity index (χ2n) is 7.92. The van der Waals surface area contributed by atoms with Gasteiger partial charge in [0.15, 0.2) is 11.5 Å². The lowest BCUT2D eigenvalue weighted by Crippen LogP contribution is -2.41. The number of benzene rings is 3. The largest absolute Gasteiger partial charge is 0.486 e. The van der Waals surface area contributed by atoms with Gasteiger partial charge >= 0.3 is 0 Å². The lowest BCUT2D eigenvalue weighted by molar-refractivity contribution is -0.120. The zero-order valence-electron chi connectivity index (χ0n) is 18.5. The van der Waals surface area contributed by atoms with E-state index < -0.39 is 22.0 Å². The van der Waals surface area contributed by atoms with Gasteiger partial charge < -0.3 is 14.8 Å². The van der Waals surface area contributed by atoms with E-state index in [9.17, 15) is 13.2 Å². The predicted octanol–water partition coefficient (Wildman–Crippen LogP) is 3.44. The maximum absolute atomic E-state index is 13.1. The van der Waals surface area contributed by atoms with Crippen LogP contribution in [-0.2, 0) is 14.8 Å². The molecule has 1 atom stereocenters. The van der Waals surface area contributed by atoms with E-state index in [-0.39, 0.29) is 6.54 Å². The van der Waals surface area contributed by atoms with Crippen LogP contribution in [0.1, 0.15) is 22.7 Å². The fourth-order valence-corrected chi connectivity index (χ4v) is 4.63. The van der Waals surface area contributed by atoms with Crippen LogP contribution >= 0.6 is 0 Å². The topological polar surface area (TPSA) is 84.9 Å². The molecular weight excluding hydrogens is 440 g/mol. The lowest BCUT2D eigenvalue weighted by Gasteiger charge is -2.26. The van der Waals surface area contributed by atoms with Gasteiger partial charge in [0, 0.05) is 6.07 Å². The molecule has 1 amide bonds. The first kappa shape index (κ1) is 22.7. The number of amides is 1. The van der Waals surface area contributed by atoms with Crippen molar-refractivity contribution in [2.45, 2.75) is 13.0 Å². The van der Waals surface area contributed by atoms with Gasteiger partial charge in [-0.3, -0.25) is 9.10 Å². The summed E-state index contributed by atoms with van der Waals surface area (Å²) in [6, 6.07) is 21.9. The van der Waals surface area contributed by atoms with E-state index in [1.54, 1.807) is 18.2 Å². The van der Waals surface area contributed by atoms with Gasteiger partial charge in [-0.05, 0) is 30.2 Å². The molecular formula is C25H26N2O5S. The molecule has 3 aromatic carbocycles. The molecule has 0 radical (unpaired) electrons. The van der Waals surface area contributed by atoms with Crippen LogP contribution in [0.15, 0.2) is 72.8 Å². The molecule has 1 N–H and O–H groups in total. The third-order valence-electron chi connectivity index (χ3n) is 5.31. The molecule has 0 bridgehead atoms. The molecule has 0 aromatic heterocycles. The average Bonchev–Trinajstić information content (AvgIpc) is 2.80. The van der Waals surface area contributed by atoms with Gasteiger partial charge in [-0.1, -0.05) is 60.2 Å². The highest BCUT2D eigenvalue weighted by molar-refractivity contribution is 7.92. The number of sulfonamides is 1. The monoisotopic (exact) mass is 466 g/mol. The zero-order chi connectivity index (χ0) is 23.4. The van der Waals surface area contributed by atoms with Crippen LogP contribution in [0.25, 0.3) is 0 Å². The highest BCUT2D eigenvalue weighted by Crippen LogP contribution is 2.34. The number of nitrogens with one attached hydrogen (secondary N) is 1. The third kappa shape index (κ3) is 5.46. The third-order valence-corrected chi connectivity index (χ3v) is 6.46. The molecule has 1 aliphatic rings. The highest BCUT2D eigenvalue weighted by Gasteiger charge is 2.25. The maximum Gasteiger partial charge on any atom is 0.241 e. The molecule has 172 valence electrons. The molecule has 3 aromatic rings. The Bertz CT molecular complexity index is 1240. The summed E-state index contributed by atoms with van der Waals surface area (Å²) in [6.07, 6.45) is 1.08. The van der Waals surface area contributed by atoms with Gasteiger partial charge in [0.25, 0.3) is 0 Å². The number of fused-ring (bicyclic) bond motifs is 1. The van der Waals surface area contributed by atoms with E-state index in [2.05, 4.69) is 5.32 Å². The summed E-state index contributed by atoms with van der Waals surface area (Å²) in [5.74, 6) is 0.576. The van der Waals surface area contributed by atoms with Crippen LogP contribution in [0.3, 0.4) is 0 Å². The minimum Gasteiger partial charge on any atom is -0.486 e. The minimum atomic E-state index is -3.74. The normalized spacial score (nSPS) is 13.8. The molecule has 8 heteroatoms. The van der Waals surface area contributed by atoms with Crippen LogP contribution in [0.2, 0.25) is 0 Å². The molecule has 0 spiro atoms. The standard InChI is InChI=1S/C25H26N2O5S/c1-18-7-6-10-20(15-18)25(19-8-4-3-5-9-19)26-24(28)17-27(33(2,29)30)21-11-12-22-23(16-21)32-14-13-31-22/h3-12,15-16,25H,13-14,17H2,1-2H3,(H,26,28). The Morgan fingerprint density at radius 3 is 2.33 bits per heavy atom. The van der Waals surface area contributed by atoms with Crippen LogP contribution in [0, 0.1) is 6.92 Å². The fourth-order valence-electron chi connectivity index (χ4n) is 3.78. The van der Waals surface area contributed by atoms with Gasteiger partial charge in [0.1, 0.15) is 19.8 Å². The molecule has 0 fully saturated rings. The van der Waals surface area contributed by atoms with E-state index in [1.807, 2.05) is 61.5 Å². The number of hydrogen-bond acceptors (Lipinski definition) is 5. The number of anilines is 1. The summed E-state index contributed by atoms with van der Waals surface area (Å²) in [6.45, 7) is 2.43. The molecule has 0 aliphatic carbocycles. The van der Waals surface area contributed by atoms with Crippen molar-refractivity contribution in [3.05, 3.63) is 89.5 Å². The van der Waals surface area contributed by atoms with Crippen LogP contribution in [-0.4, -0.2) is 40.3 Å². The van der Waals surface area contributed by atoms with Gasteiger partial charge in [0.2, 0.25) is 15.9 Å². The Morgan fingerprint density at radius 2 is 1.64 bits per heavy atom. The highest BCUT2D eigenvalue weighted by atomic mass is 32.2. The summed E-state index contributed by atoms with van der Waals surface area (Å²) in [5, 5.41) is 3.01. The van der Waals surface area contributed by atoms with Crippen molar-refractivity contribution in [2.75, 3.05) is 30.3 Å². The van der Waals surface area contributed by atoms with Gasteiger partial charge in [-0.2, -0.15) is 0 Å². The number of nitrogens with zero attached hydrogens (tertiary/aromatic N) is 1. The van der Waals surface area contributed by atoms with Crippen LogP contribution in [0.4, 0.5) is 5.69 Å².